The summed E-state index contributed by atoms with van der Waals surface area (Å²) in [5.41, 5.74) is 6.37. The number of nitrogens with zero attached hydrogens (tertiary/aromatic N) is 2. The molecule has 1 heterocycles. The highest BCUT2D eigenvalue weighted by atomic mass is 32.2. The predicted octanol–water partition coefficient (Wildman–Crippen LogP) is 1.58. The smallest absolute Gasteiger partial charge is 0.285 e. The number of fused-ring (bicyclic) bond motifs is 1. The largest absolute Gasteiger partial charge is 0.351 e. The van der Waals surface area contributed by atoms with Crippen molar-refractivity contribution in [1.82, 2.24) is 4.90 Å². The van der Waals surface area contributed by atoms with Crippen molar-refractivity contribution in [3.05, 3.63) is 29.8 Å². The normalized spacial score (nSPS) is 16.1. The summed E-state index contributed by atoms with van der Waals surface area (Å²) in [7, 11) is -3.56. The summed E-state index contributed by atoms with van der Waals surface area (Å²) < 4.78 is 28.2. The Hall–Kier alpha value is -1.40. The number of amidine groups is 1. The van der Waals surface area contributed by atoms with Crippen molar-refractivity contribution in [1.29, 1.82) is 0 Å². The second-order valence-corrected chi connectivity index (χ2v) is 6.41. The molecule has 6 heteroatoms. The Morgan fingerprint density at radius 2 is 1.90 bits per heavy atom. The molecule has 0 aliphatic carbocycles. The standard InChI is InChI=1S/C14H21N3O2S/c1-3-11(4-2)17(10-9-15)14-12-7-5-6-8-13(12)20(18,19)16-14/h5-8,11H,3-4,9-10,15H2,1-2H3. The summed E-state index contributed by atoms with van der Waals surface area (Å²) in [6, 6.07) is 7.22. The van der Waals surface area contributed by atoms with Crippen LogP contribution in [0.3, 0.4) is 0 Å². The van der Waals surface area contributed by atoms with E-state index < -0.39 is 10.0 Å². The Labute approximate surface area is 120 Å². The fourth-order valence-electron chi connectivity index (χ4n) is 2.63. The third-order valence-corrected chi connectivity index (χ3v) is 4.96. The van der Waals surface area contributed by atoms with Crippen molar-refractivity contribution < 1.29 is 8.42 Å². The first-order valence-electron chi connectivity index (χ1n) is 6.96. The molecular weight excluding hydrogens is 274 g/mol. The van der Waals surface area contributed by atoms with Gasteiger partial charge >= 0.3 is 0 Å². The monoisotopic (exact) mass is 295 g/mol. The fourth-order valence-corrected chi connectivity index (χ4v) is 3.84. The van der Waals surface area contributed by atoms with Crippen molar-refractivity contribution >= 4 is 15.9 Å². The highest BCUT2D eigenvalue weighted by Crippen LogP contribution is 2.28. The second-order valence-electron chi connectivity index (χ2n) is 4.84. The number of rotatable bonds is 5. The topological polar surface area (TPSA) is 75.8 Å². The summed E-state index contributed by atoms with van der Waals surface area (Å²) in [6.07, 6.45) is 1.86. The first-order chi connectivity index (χ1) is 9.55. The van der Waals surface area contributed by atoms with Crippen LogP contribution in [0.15, 0.2) is 33.6 Å². The molecule has 1 aromatic rings. The molecule has 1 aliphatic rings. The van der Waals surface area contributed by atoms with Crippen LogP contribution in [0, 0.1) is 0 Å². The third-order valence-electron chi connectivity index (χ3n) is 3.64. The maximum absolute atomic E-state index is 12.1. The van der Waals surface area contributed by atoms with E-state index in [4.69, 9.17) is 5.73 Å². The van der Waals surface area contributed by atoms with Gasteiger partial charge in [0.1, 0.15) is 4.90 Å². The first kappa shape index (κ1) is 15.0. The second kappa shape index (κ2) is 5.93. The molecule has 0 saturated heterocycles. The van der Waals surface area contributed by atoms with Crippen LogP contribution in [-0.2, 0) is 10.0 Å². The Balaban J connectivity index is 2.50. The Kier molecular flexibility index (Phi) is 4.45. The van der Waals surface area contributed by atoms with E-state index in [-0.39, 0.29) is 6.04 Å². The highest BCUT2D eigenvalue weighted by molar-refractivity contribution is 7.90. The summed E-state index contributed by atoms with van der Waals surface area (Å²) in [4.78, 5) is 2.33. The minimum Gasteiger partial charge on any atom is -0.351 e. The SMILES string of the molecule is CCC(CC)N(CCN)C1=NS(=O)(=O)c2ccccc21. The van der Waals surface area contributed by atoms with Crippen molar-refractivity contribution in [2.24, 2.45) is 10.1 Å². The van der Waals surface area contributed by atoms with Crippen LogP contribution in [0.1, 0.15) is 32.3 Å². The molecule has 2 rings (SSSR count). The van der Waals surface area contributed by atoms with Gasteiger partial charge in [-0.15, -0.1) is 4.40 Å². The summed E-state index contributed by atoms with van der Waals surface area (Å²) in [6.45, 7) is 5.26. The zero-order valence-corrected chi connectivity index (χ0v) is 12.7. The highest BCUT2D eigenvalue weighted by Gasteiger charge is 2.33. The molecule has 2 N–H and O–H groups in total. The van der Waals surface area contributed by atoms with E-state index in [1.54, 1.807) is 12.1 Å². The summed E-state index contributed by atoms with van der Waals surface area (Å²) >= 11 is 0. The number of benzene rings is 1. The fraction of sp³-hybridized carbons (Fsp3) is 0.500. The van der Waals surface area contributed by atoms with E-state index >= 15 is 0 Å². The van der Waals surface area contributed by atoms with Crippen LogP contribution in [0.25, 0.3) is 0 Å². The van der Waals surface area contributed by atoms with Gasteiger partial charge in [-0.2, -0.15) is 8.42 Å². The van der Waals surface area contributed by atoms with Crippen molar-refractivity contribution in [2.45, 2.75) is 37.6 Å². The lowest BCUT2D eigenvalue weighted by Gasteiger charge is -2.31. The van der Waals surface area contributed by atoms with Gasteiger partial charge in [-0.3, -0.25) is 0 Å². The van der Waals surface area contributed by atoms with Crippen LogP contribution in [-0.4, -0.2) is 38.3 Å². The lowest BCUT2D eigenvalue weighted by Crippen LogP contribution is -2.42. The summed E-state index contributed by atoms with van der Waals surface area (Å²) in [5.74, 6) is 0.541. The molecule has 0 aromatic heterocycles. The van der Waals surface area contributed by atoms with Crippen LogP contribution < -0.4 is 5.73 Å². The third kappa shape index (κ3) is 2.58. The molecule has 0 atom stereocenters. The van der Waals surface area contributed by atoms with E-state index in [9.17, 15) is 8.42 Å². The molecule has 0 spiro atoms. The van der Waals surface area contributed by atoms with Gasteiger partial charge in [-0.25, -0.2) is 0 Å². The van der Waals surface area contributed by atoms with Crippen molar-refractivity contribution in [2.75, 3.05) is 13.1 Å². The van der Waals surface area contributed by atoms with Crippen molar-refractivity contribution in [3.63, 3.8) is 0 Å². The zero-order chi connectivity index (χ0) is 14.8. The molecule has 20 heavy (non-hydrogen) atoms. The van der Waals surface area contributed by atoms with Gasteiger partial charge in [0.25, 0.3) is 10.0 Å². The molecule has 0 bridgehead atoms. The van der Waals surface area contributed by atoms with Gasteiger partial charge in [0.15, 0.2) is 5.84 Å². The molecular formula is C14H21N3O2S. The molecule has 0 unspecified atom stereocenters. The minimum absolute atomic E-state index is 0.249. The van der Waals surface area contributed by atoms with E-state index in [2.05, 4.69) is 18.2 Å². The van der Waals surface area contributed by atoms with Crippen LogP contribution in [0.5, 0.6) is 0 Å². The van der Waals surface area contributed by atoms with Gasteiger partial charge in [-0.05, 0) is 25.0 Å². The van der Waals surface area contributed by atoms with E-state index in [0.29, 0.717) is 29.4 Å². The maximum atomic E-state index is 12.1. The number of hydrogen-bond acceptors (Lipinski definition) is 4. The average Bonchev–Trinajstić information content (AvgIpc) is 2.72. The number of sulfonamides is 1. The van der Waals surface area contributed by atoms with E-state index in [0.717, 1.165) is 12.8 Å². The van der Waals surface area contributed by atoms with Crippen LogP contribution in [0.4, 0.5) is 0 Å². The minimum atomic E-state index is -3.56. The van der Waals surface area contributed by atoms with Gasteiger partial charge in [0, 0.05) is 24.7 Å². The Bertz CT molecular complexity index is 607. The number of nitrogens with two attached hydrogens (primary N) is 1. The van der Waals surface area contributed by atoms with Crippen LogP contribution in [0.2, 0.25) is 0 Å². The van der Waals surface area contributed by atoms with Gasteiger partial charge in [0.2, 0.25) is 0 Å². The van der Waals surface area contributed by atoms with Gasteiger partial charge in [0.05, 0.1) is 0 Å². The first-order valence-corrected chi connectivity index (χ1v) is 8.40. The van der Waals surface area contributed by atoms with E-state index in [1.165, 1.54) is 0 Å². The zero-order valence-electron chi connectivity index (χ0n) is 11.9. The average molecular weight is 295 g/mol. The Morgan fingerprint density at radius 1 is 1.25 bits per heavy atom. The molecule has 0 amide bonds. The van der Waals surface area contributed by atoms with Crippen molar-refractivity contribution in [3.8, 4) is 0 Å². The van der Waals surface area contributed by atoms with Gasteiger partial charge < -0.3 is 10.6 Å². The Morgan fingerprint density at radius 3 is 2.50 bits per heavy atom. The molecule has 0 radical (unpaired) electrons. The molecule has 110 valence electrons. The number of hydrogen-bond donors (Lipinski definition) is 1. The van der Waals surface area contributed by atoms with Crippen LogP contribution >= 0.6 is 0 Å². The molecule has 0 fully saturated rings. The molecule has 1 aromatic carbocycles. The summed E-state index contributed by atoms with van der Waals surface area (Å²) in [5, 5.41) is 0. The molecule has 0 saturated carbocycles. The quantitative estimate of drug-likeness (QED) is 0.895. The maximum Gasteiger partial charge on any atom is 0.285 e. The lowest BCUT2D eigenvalue weighted by molar-refractivity contribution is 0.302. The van der Waals surface area contributed by atoms with Gasteiger partial charge in [-0.1, -0.05) is 26.0 Å². The molecule has 5 nitrogen and oxygen atoms in total. The van der Waals surface area contributed by atoms with E-state index in [1.807, 2.05) is 17.0 Å². The molecule has 1 aliphatic heterocycles. The predicted molar refractivity (Wildman–Crippen MR) is 80.3 cm³/mol. The lowest BCUT2D eigenvalue weighted by atomic mass is 10.1.